The van der Waals surface area contributed by atoms with Gasteiger partial charge in [0.1, 0.15) is 0 Å². The van der Waals surface area contributed by atoms with Crippen LogP contribution in [0.5, 0.6) is 0 Å². The van der Waals surface area contributed by atoms with E-state index in [1.54, 1.807) is 0 Å². The van der Waals surface area contributed by atoms with E-state index in [1.165, 1.54) is 22.8 Å². The fraction of sp³-hybridized carbons (Fsp3) is 0.412. The Morgan fingerprint density at radius 1 is 1.00 bits per heavy atom. The zero-order chi connectivity index (χ0) is 13.0. The Balaban J connectivity index is 2.19. The second-order valence-corrected chi connectivity index (χ2v) is 5.21. The molecule has 0 amide bonds. The minimum absolute atomic E-state index is 0.408. The van der Waals surface area contributed by atoms with Crippen LogP contribution in [0.15, 0.2) is 42.5 Å². The van der Waals surface area contributed by atoms with Crippen LogP contribution in [0, 0.1) is 5.92 Å². The van der Waals surface area contributed by atoms with E-state index in [0.717, 1.165) is 12.5 Å². The van der Waals surface area contributed by atoms with Crippen LogP contribution in [0.2, 0.25) is 0 Å². The predicted octanol–water partition coefficient (Wildman–Crippen LogP) is 4.54. The zero-order valence-electron chi connectivity index (χ0n) is 11.6. The van der Waals surface area contributed by atoms with Crippen LogP contribution in [0.25, 0.3) is 10.8 Å². The average molecular weight is 241 g/mol. The number of hydrogen-bond acceptors (Lipinski definition) is 1. The molecule has 0 saturated heterocycles. The predicted molar refractivity (Wildman–Crippen MR) is 79.8 cm³/mol. The van der Waals surface area contributed by atoms with Gasteiger partial charge in [-0.1, -0.05) is 62.7 Å². The number of nitrogens with one attached hydrogen (secondary N) is 1. The van der Waals surface area contributed by atoms with Gasteiger partial charge in [0.25, 0.3) is 0 Å². The molecule has 2 rings (SSSR count). The second kappa shape index (κ2) is 6.01. The smallest absolute Gasteiger partial charge is 0.0298 e. The van der Waals surface area contributed by atoms with Gasteiger partial charge in [0.15, 0.2) is 0 Å². The first-order valence-corrected chi connectivity index (χ1v) is 6.93. The molecule has 1 heteroatoms. The zero-order valence-corrected chi connectivity index (χ0v) is 11.6. The van der Waals surface area contributed by atoms with Crippen molar-refractivity contribution in [3.05, 3.63) is 48.0 Å². The Bertz CT molecular complexity index is 498. The van der Waals surface area contributed by atoms with Crippen molar-refractivity contribution in [2.24, 2.45) is 5.92 Å². The summed E-state index contributed by atoms with van der Waals surface area (Å²) in [6, 6.07) is 15.6. The summed E-state index contributed by atoms with van der Waals surface area (Å²) in [5.74, 6) is 0.738. The lowest BCUT2D eigenvalue weighted by atomic mass is 9.99. The van der Waals surface area contributed by atoms with Crippen LogP contribution in [0.3, 0.4) is 0 Å². The molecule has 2 aromatic carbocycles. The summed E-state index contributed by atoms with van der Waals surface area (Å²) in [5.41, 5.74) is 1.40. The highest BCUT2D eigenvalue weighted by Gasteiger charge is 2.09. The van der Waals surface area contributed by atoms with Crippen molar-refractivity contribution in [1.29, 1.82) is 0 Å². The molecule has 0 aliphatic heterocycles. The van der Waals surface area contributed by atoms with Crippen LogP contribution in [0.4, 0.5) is 0 Å². The normalized spacial score (nSPS) is 14.6. The molecule has 0 heterocycles. The molecule has 0 saturated carbocycles. The van der Waals surface area contributed by atoms with Crippen LogP contribution < -0.4 is 5.32 Å². The first kappa shape index (κ1) is 13.1. The van der Waals surface area contributed by atoms with E-state index in [-0.39, 0.29) is 0 Å². The Morgan fingerprint density at radius 3 is 2.50 bits per heavy atom. The lowest BCUT2D eigenvalue weighted by molar-refractivity contribution is 0.462. The van der Waals surface area contributed by atoms with E-state index in [0.29, 0.717) is 6.04 Å². The summed E-state index contributed by atoms with van der Waals surface area (Å²) in [4.78, 5) is 0. The molecule has 0 aliphatic carbocycles. The molecule has 0 bridgehead atoms. The topological polar surface area (TPSA) is 12.0 Å². The van der Waals surface area contributed by atoms with E-state index < -0.39 is 0 Å². The molecule has 0 radical (unpaired) electrons. The monoisotopic (exact) mass is 241 g/mol. The van der Waals surface area contributed by atoms with Crippen molar-refractivity contribution in [1.82, 2.24) is 5.32 Å². The highest BCUT2D eigenvalue weighted by Crippen LogP contribution is 2.24. The van der Waals surface area contributed by atoms with Crippen LogP contribution in [-0.4, -0.2) is 6.54 Å². The first-order valence-electron chi connectivity index (χ1n) is 6.93. The summed E-state index contributed by atoms with van der Waals surface area (Å²) in [6.45, 7) is 7.88. The third-order valence-electron chi connectivity index (χ3n) is 3.76. The molecule has 2 atom stereocenters. The summed E-state index contributed by atoms with van der Waals surface area (Å²) >= 11 is 0. The highest BCUT2D eigenvalue weighted by atomic mass is 14.9. The highest BCUT2D eigenvalue weighted by molar-refractivity contribution is 5.86. The van der Waals surface area contributed by atoms with Crippen LogP contribution in [0.1, 0.15) is 38.8 Å². The number of benzene rings is 2. The lowest BCUT2D eigenvalue weighted by Crippen LogP contribution is -2.24. The Kier molecular flexibility index (Phi) is 4.38. The minimum Gasteiger partial charge on any atom is -0.310 e. The molecule has 1 nitrogen and oxygen atoms in total. The first-order chi connectivity index (χ1) is 8.72. The fourth-order valence-electron chi connectivity index (χ4n) is 2.26. The summed E-state index contributed by atoms with van der Waals surface area (Å²) < 4.78 is 0. The molecule has 0 unspecified atom stereocenters. The van der Waals surface area contributed by atoms with Crippen LogP contribution >= 0.6 is 0 Å². The van der Waals surface area contributed by atoms with E-state index in [9.17, 15) is 0 Å². The van der Waals surface area contributed by atoms with Gasteiger partial charge in [-0.25, -0.2) is 0 Å². The average Bonchev–Trinajstić information content (AvgIpc) is 2.43. The van der Waals surface area contributed by atoms with Crippen molar-refractivity contribution in [2.45, 2.75) is 33.2 Å². The number of rotatable bonds is 5. The van der Waals surface area contributed by atoms with E-state index in [4.69, 9.17) is 0 Å². The van der Waals surface area contributed by atoms with Crippen LogP contribution in [-0.2, 0) is 0 Å². The lowest BCUT2D eigenvalue weighted by Gasteiger charge is -2.19. The Morgan fingerprint density at radius 2 is 1.72 bits per heavy atom. The molecule has 18 heavy (non-hydrogen) atoms. The molecule has 2 aromatic rings. The maximum Gasteiger partial charge on any atom is 0.0298 e. The number of hydrogen-bond donors (Lipinski definition) is 1. The fourth-order valence-corrected chi connectivity index (χ4v) is 2.26. The van der Waals surface area contributed by atoms with Crippen molar-refractivity contribution in [2.75, 3.05) is 6.54 Å². The third-order valence-corrected chi connectivity index (χ3v) is 3.76. The van der Waals surface area contributed by atoms with E-state index in [1.807, 2.05) is 0 Å². The van der Waals surface area contributed by atoms with Crippen molar-refractivity contribution < 1.29 is 0 Å². The molecule has 0 spiro atoms. The van der Waals surface area contributed by atoms with Gasteiger partial charge in [0.05, 0.1) is 0 Å². The van der Waals surface area contributed by atoms with Gasteiger partial charge < -0.3 is 5.32 Å². The quantitative estimate of drug-likeness (QED) is 0.810. The van der Waals surface area contributed by atoms with E-state index in [2.05, 4.69) is 68.6 Å². The van der Waals surface area contributed by atoms with Gasteiger partial charge in [-0.3, -0.25) is 0 Å². The maximum absolute atomic E-state index is 3.64. The maximum atomic E-state index is 3.64. The van der Waals surface area contributed by atoms with Gasteiger partial charge in [-0.15, -0.1) is 0 Å². The molecular weight excluding hydrogens is 218 g/mol. The standard InChI is InChI=1S/C17H23N/c1-4-13(2)12-18-14(3)16-11-7-9-15-8-5-6-10-17(15)16/h5-11,13-14,18H,4,12H2,1-3H3/t13-,14+/m0/s1. The Labute approximate surface area is 110 Å². The second-order valence-electron chi connectivity index (χ2n) is 5.21. The molecule has 0 aromatic heterocycles. The molecular formula is C17H23N. The summed E-state index contributed by atoms with van der Waals surface area (Å²) in [6.07, 6.45) is 1.23. The minimum atomic E-state index is 0.408. The van der Waals surface area contributed by atoms with Gasteiger partial charge in [-0.05, 0) is 35.7 Å². The van der Waals surface area contributed by atoms with E-state index >= 15 is 0 Å². The van der Waals surface area contributed by atoms with Crippen molar-refractivity contribution >= 4 is 10.8 Å². The van der Waals surface area contributed by atoms with Gasteiger partial charge in [-0.2, -0.15) is 0 Å². The molecule has 0 aliphatic rings. The molecule has 96 valence electrons. The molecule has 1 N–H and O–H groups in total. The molecule has 0 fully saturated rings. The van der Waals surface area contributed by atoms with Crippen molar-refractivity contribution in [3.8, 4) is 0 Å². The Hall–Kier alpha value is -1.34. The largest absolute Gasteiger partial charge is 0.310 e. The van der Waals surface area contributed by atoms with Gasteiger partial charge in [0.2, 0.25) is 0 Å². The third kappa shape index (κ3) is 2.91. The van der Waals surface area contributed by atoms with Gasteiger partial charge in [0, 0.05) is 6.04 Å². The number of fused-ring (bicyclic) bond motifs is 1. The SMILES string of the molecule is CC[C@H](C)CN[C@H](C)c1cccc2ccccc12. The summed E-state index contributed by atoms with van der Waals surface area (Å²) in [5, 5.41) is 6.33. The summed E-state index contributed by atoms with van der Waals surface area (Å²) in [7, 11) is 0. The van der Waals surface area contributed by atoms with Crippen molar-refractivity contribution in [3.63, 3.8) is 0 Å². The van der Waals surface area contributed by atoms with Gasteiger partial charge >= 0.3 is 0 Å².